The first kappa shape index (κ1) is 18.0. The van der Waals surface area contributed by atoms with Crippen molar-refractivity contribution in [3.63, 3.8) is 0 Å². The maximum Gasteiger partial charge on any atom is 0.143 e. The van der Waals surface area contributed by atoms with Crippen molar-refractivity contribution in [2.45, 2.75) is 31.4 Å². The van der Waals surface area contributed by atoms with Crippen molar-refractivity contribution in [2.24, 2.45) is 0 Å². The van der Waals surface area contributed by atoms with Gasteiger partial charge in [-0.25, -0.2) is 0 Å². The molecule has 140 valence electrons. The first-order valence-electron chi connectivity index (χ1n) is 8.96. The second-order valence-electron chi connectivity index (χ2n) is 7.17. The summed E-state index contributed by atoms with van der Waals surface area (Å²) in [6.45, 7) is 2.86. The fourth-order valence-electron chi connectivity index (χ4n) is 3.88. The molecule has 0 amide bonds. The Kier molecular flexibility index (Phi) is 4.81. The lowest BCUT2D eigenvalue weighted by Crippen LogP contribution is -2.51. The number of fused-ring (bicyclic) bond motifs is 1. The zero-order chi connectivity index (χ0) is 18.2. The molecule has 26 heavy (non-hydrogen) atoms. The van der Waals surface area contributed by atoms with Gasteiger partial charge in [0.05, 0.1) is 12.2 Å². The van der Waals surface area contributed by atoms with Crippen LogP contribution in [-0.2, 0) is 21.2 Å². The highest BCUT2D eigenvalue weighted by atomic mass is 32.3. The first-order chi connectivity index (χ1) is 12.5. The maximum atomic E-state index is 11.8. The molecule has 0 bridgehead atoms. The molecule has 4 rings (SSSR count). The van der Waals surface area contributed by atoms with Crippen LogP contribution in [0.3, 0.4) is 0 Å². The minimum atomic E-state index is -3.13. The molecule has 1 aromatic carbocycles. The quantitative estimate of drug-likeness (QED) is 0.750. The van der Waals surface area contributed by atoms with Gasteiger partial charge < -0.3 is 14.2 Å². The highest BCUT2D eigenvalue weighted by Gasteiger charge is 2.42. The Hall–Kier alpha value is -1.41. The number of benzene rings is 1. The normalized spacial score (nSPS) is 22.3. The number of hydrogen-bond acceptors (Lipinski definition) is 5. The SMILES string of the molecule is C[S+](=O)([O-])N1CCC2(CCN(Cc3cccs3)c3ccccc3O2)CC1. The van der Waals surface area contributed by atoms with Gasteiger partial charge in [0.1, 0.15) is 28.0 Å². The van der Waals surface area contributed by atoms with Crippen molar-refractivity contribution < 1.29 is 13.5 Å². The van der Waals surface area contributed by atoms with E-state index < -0.39 is 10.4 Å². The summed E-state index contributed by atoms with van der Waals surface area (Å²) in [7, 11) is -3.13. The minimum Gasteiger partial charge on any atom is -0.598 e. The predicted molar refractivity (Wildman–Crippen MR) is 105 cm³/mol. The van der Waals surface area contributed by atoms with Gasteiger partial charge in [0.15, 0.2) is 0 Å². The van der Waals surface area contributed by atoms with Crippen molar-refractivity contribution >= 4 is 27.4 Å². The van der Waals surface area contributed by atoms with Gasteiger partial charge in [-0.15, -0.1) is 15.6 Å². The van der Waals surface area contributed by atoms with Crippen LogP contribution in [-0.4, -0.2) is 40.3 Å². The summed E-state index contributed by atoms with van der Waals surface area (Å²) in [5.41, 5.74) is 0.852. The lowest BCUT2D eigenvalue weighted by Gasteiger charge is -2.40. The number of sulfonamides is 1. The second-order valence-corrected chi connectivity index (χ2v) is 10.2. The first-order valence-corrected chi connectivity index (χ1v) is 11.7. The van der Waals surface area contributed by atoms with E-state index in [9.17, 15) is 8.76 Å². The standard InChI is InChI=1S/C19H24N2O3S2/c1-26(22,23)21-12-9-19(10-13-21)8-11-20(15-16-5-4-14-25-16)17-6-2-3-7-18(17)24-19/h2-7,14H,8-13,15H2,1H3. The lowest BCUT2D eigenvalue weighted by molar-refractivity contribution is 0.0169. The van der Waals surface area contributed by atoms with E-state index in [0.29, 0.717) is 13.1 Å². The Labute approximate surface area is 160 Å². The number of piperidine rings is 1. The van der Waals surface area contributed by atoms with Gasteiger partial charge >= 0.3 is 0 Å². The van der Waals surface area contributed by atoms with Crippen LogP contribution in [0.4, 0.5) is 5.69 Å². The number of nitrogens with zero attached hydrogens (tertiary/aromatic N) is 2. The highest BCUT2D eigenvalue weighted by Crippen LogP contribution is 2.41. The van der Waals surface area contributed by atoms with Crippen molar-refractivity contribution in [1.82, 2.24) is 4.31 Å². The molecule has 2 aromatic rings. The molecule has 7 heteroatoms. The van der Waals surface area contributed by atoms with Crippen LogP contribution in [0.15, 0.2) is 41.8 Å². The lowest BCUT2D eigenvalue weighted by atomic mass is 9.88. The van der Waals surface area contributed by atoms with Gasteiger partial charge in [0.25, 0.3) is 0 Å². The van der Waals surface area contributed by atoms with E-state index in [4.69, 9.17) is 4.74 Å². The number of rotatable bonds is 3. The maximum absolute atomic E-state index is 11.8. The summed E-state index contributed by atoms with van der Waals surface area (Å²) < 4.78 is 31.8. The molecule has 1 fully saturated rings. The zero-order valence-electron chi connectivity index (χ0n) is 14.9. The Bertz CT molecular complexity index is 795. The third kappa shape index (κ3) is 3.67. The number of ether oxygens (including phenoxy) is 1. The number of para-hydroxylation sites is 2. The predicted octanol–water partition coefficient (Wildman–Crippen LogP) is 3.55. The molecule has 0 N–H and O–H groups in total. The third-order valence-corrected chi connectivity index (χ3v) is 7.56. The Morgan fingerprint density at radius 2 is 1.88 bits per heavy atom. The molecule has 0 radical (unpaired) electrons. The molecule has 5 nitrogen and oxygen atoms in total. The largest absolute Gasteiger partial charge is 0.598 e. The Morgan fingerprint density at radius 1 is 1.15 bits per heavy atom. The van der Waals surface area contributed by atoms with Crippen LogP contribution in [0.5, 0.6) is 5.75 Å². The summed E-state index contributed by atoms with van der Waals surface area (Å²) in [5.74, 6) is 0.911. The molecule has 1 aromatic heterocycles. The molecule has 2 aliphatic rings. The summed E-state index contributed by atoms with van der Waals surface area (Å²) in [6, 6.07) is 12.5. The molecular weight excluding hydrogens is 368 g/mol. The second kappa shape index (κ2) is 6.96. The molecule has 0 aliphatic carbocycles. The number of hydrogen-bond donors (Lipinski definition) is 0. The van der Waals surface area contributed by atoms with E-state index in [1.54, 1.807) is 15.6 Å². The summed E-state index contributed by atoms with van der Waals surface area (Å²) in [5, 5.41) is 2.11. The fraction of sp³-hybridized carbons (Fsp3) is 0.474. The Morgan fingerprint density at radius 3 is 2.58 bits per heavy atom. The molecular formula is C19H24N2O3S2. The van der Waals surface area contributed by atoms with Crippen molar-refractivity contribution in [3.8, 4) is 5.75 Å². The Balaban J connectivity index is 1.56. The van der Waals surface area contributed by atoms with E-state index in [1.807, 2.05) is 18.2 Å². The van der Waals surface area contributed by atoms with Gasteiger partial charge in [-0.1, -0.05) is 22.4 Å². The van der Waals surface area contributed by atoms with Crippen molar-refractivity contribution in [1.29, 1.82) is 0 Å². The van der Waals surface area contributed by atoms with Crippen molar-refractivity contribution in [3.05, 3.63) is 46.7 Å². The van der Waals surface area contributed by atoms with Crippen LogP contribution in [0.25, 0.3) is 0 Å². The van der Waals surface area contributed by atoms with E-state index in [1.165, 1.54) is 11.1 Å². The molecule has 1 spiro atoms. The summed E-state index contributed by atoms with van der Waals surface area (Å²) in [6.07, 6.45) is 3.67. The highest BCUT2D eigenvalue weighted by molar-refractivity contribution is 7.94. The molecule has 1 atom stereocenters. The van der Waals surface area contributed by atoms with Crippen LogP contribution < -0.4 is 9.64 Å². The van der Waals surface area contributed by atoms with Crippen LogP contribution >= 0.6 is 11.3 Å². The fourth-order valence-corrected chi connectivity index (χ4v) is 5.45. The van der Waals surface area contributed by atoms with Crippen molar-refractivity contribution in [2.75, 3.05) is 30.8 Å². The van der Waals surface area contributed by atoms with Gasteiger partial charge in [-0.2, -0.15) is 0 Å². The van der Waals surface area contributed by atoms with Crippen LogP contribution in [0, 0.1) is 0 Å². The molecule has 2 aliphatic heterocycles. The third-order valence-electron chi connectivity index (χ3n) is 5.40. The number of anilines is 1. The van der Waals surface area contributed by atoms with Gasteiger partial charge in [-0.05, 0) is 23.6 Å². The monoisotopic (exact) mass is 392 g/mol. The zero-order valence-corrected chi connectivity index (χ0v) is 16.6. The summed E-state index contributed by atoms with van der Waals surface area (Å²) in [4.78, 5) is 3.72. The average Bonchev–Trinajstić information content (AvgIpc) is 3.07. The van der Waals surface area contributed by atoms with Crippen LogP contribution in [0.2, 0.25) is 0 Å². The van der Waals surface area contributed by atoms with Crippen LogP contribution in [0.1, 0.15) is 24.1 Å². The van der Waals surface area contributed by atoms with E-state index in [2.05, 4.69) is 28.5 Å². The summed E-state index contributed by atoms with van der Waals surface area (Å²) >= 11 is 1.77. The average molecular weight is 393 g/mol. The van der Waals surface area contributed by atoms with E-state index in [0.717, 1.165) is 43.8 Å². The molecule has 0 saturated carbocycles. The number of thiophene rings is 1. The smallest absolute Gasteiger partial charge is 0.143 e. The molecule has 1 saturated heterocycles. The van der Waals surface area contributed by atoms with E-state index >= 15 is 0 Å². The van der Waals surface area contributed by atoms with Gasteiger partial charge in [0, 0.05) is 43.8 Å². The topological polar surface area (TPSA) is 55.8 Å². The van der Waals surface area contributed by atoms with E-state index in [-0.39, 0.29) is 5.60 Å². The van der Waals surface area contributed by atoms with Gasteiger partial charge in [0.2, 0.25) is 0 Å². The minimum absolute atomic E-state index is 0.276. The molecule has 3 heterocycles. The van der Waals surface area contributed by atoms with Gasteiger partial charge in [-0.3, -0.25) is 0 Å². The molecule has 1 unspecified atom stereocenters.